The van der Waals surface area contributed by atoms with E-state index in [0.29, 0.717) is 0 Å². The molecule has 5 heteroatoms. The average Bonchev–Trinajstić information content (AvgIpc) is 2.82. The number of anilines is 1. The Kier molecular flexibility index (Phi) is 3.74. The van der Waals surface area contributed by atoms with E-state index in [0.717, 1.165) is 30.0 Å². The van der Waals surface area contributed by atoms with Crippen molar-refractivity contribution in [1.29, 1.82) is 0 Å². The van der Waals surface area contributed by atoms with Crippen LogP contribution in [0.25, 0.3) is 0 Å². The smallest absolute Gasteiger partial charge is 0.0947 e. The molecule has 0 fully saturated rings. The van der Waals surface area contributed by atoms with Crippen LogP contribution < -0.4 is 11.3 Å². The van der Waals surface area contributed by atoms with E-state index in [2.05, 4.69) is 15.3 Å². The van der Waals surface area contributed by atoms with Gasteiger partial charge in [0.25, 0.3) is 0 Å². The number of rotatable bonds is 5. The second-order valence-corrected chi connectivity index (χ2v) is 3.98. The fraction of sp³-hybridized carbons (Fsp3) is 0.250. The van der Waals surface area contributed by atoms with Crippen molar-refractivity contribution < 1.29 is 4.42 Å². The summed E-state index contributed by atoms with van der Waals surface area (Å²) in [5, 5.41) is 0. The van der Waals surface area contributed by atoms with Gasteiger partial charge in [0, 0.05) is 24.8 Å². The van der Waals surface area contributed by atoms with Gasteiger partial charge in [-0.3, -0.25) is 15.7 Å². The first kappa shape index (κ1) is 11.6. The van der Waals surface area contributed by atoms with E-state index in [1.54, 1.807) is 18.7 Å². The lowest BCUT2D eigenvalue weighted by Gasteiger charge is -2.15. The molecule has 0 saturated heterocycles. The second-order valence-electron chi connectivity index (χ2n) is 3.98. The van der Waals surface area contributed by atoms with Gasteiger partial charge in [-0.15, -0.1) is 0 Å². The molecule has 0 bridgehead atoms. The maximum atomic E-state index is 5.36. The molecule has 0 aliphatic carbocycles. The number of hydrogen-bond acceptors (Lipinski definition) is 5. The van der Waals surface area contributed by atoms with Crippen LogP contribution in [0.3, 0.4) is 0 Å². The lowest BCUT2D eigenvalue weighted by atomic mass is 10.3. The van der Waals surface area contributed by atoms with Crippen LogP contribution in [-0.4, -0.2) is 16.9 Å². The van der Waals surface area contributed by atoms with Crippen LogP contribution in [0, 0.1) is 0 Å². The second kappa shape index (κ2) is 5.47. The predicted molar refractivity (Wildman–Crippen MR) is 65.9 cm³/mol. The Balaban J connectivity index is 1.95. The Labute approximate surface area is 100 Å². The van der Waals surface area contributed by atoms with Gasteiger partial charge in [0.05, 0.1) is 23.9 Å². The van der Waals surface area contributed by atoms with E-state index < -0.39 is 0 Å². The molecule has 2 heterocycles. The molecule has 90 valence electrons. The first-order chi connectivity index (χ1) is 8.28. The topological polar surface area (TPSA) is 67.3 Å². The van der Waals surface area contributed by atoms with Crippen molar-refractivity contribution in [3.63, 3.8) is 0 Å². The Morgan fingerprint density at radius 2 is 2.29 bits per heavy atom. The van der Waals surface area contributed by atoms with Gasteiger partial charge in [-0.25, -0.2) is 0 Å². The molecule has 0 radical (unpaired) electrons. The van der Waals surface area contributed by atoms with Crippen molar-refractivity contribution in [2.45, 2.75) is 13.1 Å². The molecule has 2 rings (SSSR count). The monoisotopic (exact) mass is 232 g/mol. The maximum Gasteiger partial charge on any atom is 0.0947 e. The minimum atomic E-state index is 0.765. The van der Waals surface area contributed by atoms with Crippen LogP contribution >= 0.6 is 0 Å². The highest BCUT2D eigenvalue weighted by atomic mass is 16.3. The maximum absolute atomic E-state index is 5.36. The highest BCUT2D eigenvalue weighted by Crippen LogP contribution is 2.10. The van der Waals surface area contributed by atoms with E-state index in [1.807, 2.05) is 25.2 Å². The molecule has 2 aromatic rings. The van der Waals surface area contributed by atoms with Crippen LogP contribution in [0.4, 0.5) is 5.69 Å². The number of pyridine rings is 1. The van der Waals surface area contributed by atoms with E-state index >= 15 is 0 Å². The van der Waals surface area contributed by atoms with Gasteiger partial charge in [0.2, 0.25) is 0 Å². The number of nitrogens with zero attached hydrogens (tertiary/aromatic N) is 2. The van der Waals surface area contributed by atoms with Crippen molar-refractivity contribution in [3.8, 4) is 0 Å². The molecule has 2 aromatic heterocycles. The minimum Gasteiger partial charge on any atom is -0.472 e. The Bertz CT molecular complexity index is 455. The summed E-state index contributed by atoms with van der Waals surface area (Å²) in [6.45, 7) is 1.60. The third-order valence-corrected chi connectivity index (χ3v) is 2.45. The van der Waals surface area contributed by atoms with Gasteiger partial charge in [-0.1, -0.05) is 0 Å². The van der Waals surface area contributed by atoms with Crippen molar-refractivity contribution in [3.05, 3.63) is 48.2 Å². The van der Waals surface area contributed by atoms with E-state index in [1.165, 1.54) is 0 Å². The summed E-state index contributed by atoms with van der Waals surface area (Å²) in [5.41, 5.74) is 5.61. The summed E-state index contributed by atoms with van der Waals surface area (Å²) >= 11 is 0. The summed E-state index contributed by atoms with van der Waals surface area (Å²) in [6, 6.07) is 5.73. The van der Waals surface area contributed by atoms with Crippen molar-refractivity contribution in [2.24, 2.45) is 5.84 Å². The van der Waals surface area contributed by atoms with Gasteiger partial charge >= 0.3 is 0 Å². The van der Waals surface area contributed by atoms with Crippen molar-refractivity contribution in [1.82, 2.24) is 9.88 Å². The van der Waals surface area contributed by atoms with Crippen LogP contribution in [0.1, 0.15) is 11.3 Å². The summed E-state index contributed by atoms with van der Waals surface area (Å²) in [7, 11) is 2.04. The number of nitrogens with two attached hydrogens (primary N) is 1. The largest absolute Gasteiger partial charge is 0.472 e. The first-order valence-corrected chi connectivity index (χ1v) is 5.39. The number of nitrogen functional groups attached to an aromatic ring is 1. The SMILES string of the molecule is CN(Cc1ccoc1)Cc1cc(NN)ccn1. The molecule has 0 aliphatic heterocycles. The summed E-state index contributed by atoms with van der Waals surface area (Å²) < 4.78 is 5.03. The van der Waals surface area contributed by atoms with E-state index in [4.69, 9.17) is 10.3 Å². The lowest BCUT2D eigenvalue weighted by molar-refractivity contribution is 0.314. The average molecular weight is 232 g/mol. The Morgan fingerprint density at radius 1 is 1.41 bits per heavy atom. The molecular formula is C12H16N4O. The molecule has 5 nitrogen and oxygen atoms in total. The number of hydrogen-bond donors (Lipinski definition) is 2. The van der Waals surface area contributed by atoms with E-state index in [9.17, 15) is 0 Å². The molecule has 0 spiro atoms. The molecule has 0 unspecified atom stereocenters. The fourth-order valence-electron chi connectivity index (χ4n) is 1.68. The zero-order chi connectivity index (χ0) is 12.1. The van der Waals surface area contributed by atoms with Crippen molar-refractivity contribution >= 4 is 5.69 Å². The number of nitrogens with one attached hydrogen (secondary N) is 1. The molecule has 3 N–H and O–H groups in total. The molecule has 0 saturated carbocycles. The minimum absolute atomic E-state index is 0.765. The van der Waals surface area contributed by atoms with Gasteiger partial charge < -0.3 is 9.84 Å². The third-order valence-electron chi connectivity index (χ3n) is 2.45. The predicted octanol–water partition coefficient (Wildman–Crippen LogP) is 1.59. The summed E-state index contributed by atoms with van der Waals surface area (Å²) in [4.78, 5) is 6.46. The van der Waals surface area contributed by atoms with Gasteiger partial charge in [0.15, 0.2) is 0 Å². The summed E-state index contributed by atoms with van der Waals surface area (Å²) in [5.74, 6) is 5.36. The zero-order valence-corrected chi connectivity index (χ0v) is 9.76. The Morgan fingerprint density at radius 3 is 3.00 bits per heavy atom. The molecule has 17 heavy (non-hydrogen) atoms. The normalized spacial score (nSPS) is 10.8. The zero-order valence-electron chi connectivity index (χ0n) is 9.76. The van der Waals surface area contributed by atoms with Gasteiger partial charge in [0.1, 0.15) is 0 Å². The van der Waals surface area contributed by atoms with Gasteiger partial charge in [-0.2, -0.15) is 0 Å². The van der Waals surface area contributed by atoms with E-state index in [-0.39, 0.29) is 0 Å². The fourth-order valence-corrected chi connectivity index (χ4v) is 1.68. The molecule has 0 aliphatic rings. The number of furan rings is 1. The number of aromatic nitrogens is 1. The highest BCUT2D eigenvalue weighted by Gasteiger charge is 2.04. The lowest BCUT2D eigenvalue weighted by Crippen LogP contribution is -2.18. The molecule has 0 aromatic carbocycles. The molecular weight excluding hydrogens is 216 g/mol. The quantitative estimate of drug-likeness (QED) is 0.605. The number of hydrazine groups is 1. The molecule has 0 atom stereocenters. The third kappa shape index (κ3) is 3.30. The van der Waals surface area contributed by atoms with Crippen LogP contribution in [0.2, 0.25) is 0 Å². The highest BCUT2D eigenvalue weighted by molar-refractivity contribution is 5.41. The summed E-state index contributed by atoms with van der Waals surface area (Å²) in [6.07, 6.45) is 5.18. The van der Waals surface area contributed by atoms with Crippen LogP contribution in [-0.2, 0) is 13.1 Å². The first-order valence-electron chi connectivity index (χ1n) is 5.39. The molecule has 0 amide bonds. The van der Waals surface area contributed by atoms with Gasteiger partial charge in [-0.05, 0) is 25.2 Å². The Hall–Kier alpha value is -1.85. The standard InChI is InChI=1S/C12H16N4O/c1-16(7-10-3-5-17-9-10)8-12-6-11(15-13)2-4-14-12/h2-6,9H,7-8,13H2,1H3,(H,14,15). The van der Waals surface area contributed by atoms with Crippen LogP contribution in [0.15, 0.2) is 41.3 Å². The van der Waals surface area contributed by atoms with Crippen molar-refractivity contribution in [2.75, 3.05) is 12.5 Å². The van der Waals surface area contributed by atoms with Crippen LogP contribution in [0.5, 0.6) is 0 Å².